The summed E-state index contributed by atoms with van der Waals surface area (Å²) in [6.45, 7) is 1.31. The van der Waals surface area contributed by atoms with Crippen molar-refractivity contribution in [3.63, 3.8) is 0 Å². The minimum absolute atomic E-state index is 0.0504. The lowest BCUT2D eigenvalue weighted by Gasteiger charge is -2.33. The number of anilines is 1. The minimum atomic E-state index is -1.76. The van der Waals surface area contributed by atoms with Gasteiger partial charge in [0.25, 0.3) is 17.4 Å². The molecule has 1 aliphatic heterocycles. The summed E-state index contributed by atoms with van der Waals surface area (Å²) in [6, 6.07) is 10.8. The van der Waals surface area contributed by atoms with Crippen LogP contribution in [0.1, 0.15) is 12.5 Å². The van der Waals surface area contributed by atoms with Crippen LogP contribution in [0.2, 0.25) is 5.02 Å². The van der Waals surface area contributed by atoms with Crippen molar-refractivity contribution in [1.82, 2.24) is 5.32 Å². The monoisotopic (exact) mass is 348 g/mol. The molecule has 1 atom stereocenters. The maximum Gasteiger partial charge on any atom is 0.278 e. The van der Waals surface area contributed by atoms with Gasteiger partial charge in [-0.15, -0.1) is 0 Å². The number of hydrogen-bond donors (Lipinski definition) is 2. The quantitative estimate of drug-likeness (QED) is 0.838. The lowest BCUT2D eigenvalue weighted by Crippen LogP contribution is -2.58. The van der Waals surface area contributed by atoms with Gasteiger partial charge in [-0.2, -0.15) is 0 Å². The predicted octanol–water partition coefficient (Wildman–Crippen LogP) is 2.89. The summed E-state index contributed by atoms with van der Waals surface area (Å²) >= 11 is 5.87. The van der Waals surface area contributed by atoms with Crippen LogP contribution in [0.15, 0.2) is 42.5 Å². The third-order valence-electron chi connectivity index (χ3n) is 3.77. The van der Waals surface area contributed by atoms with Crippen molar-refractivity contribution in [2.75, 3.05) is 5.32 Å². The van der Waals surface area contributed by atoms with E-state index in [9.17, 15) is 14.0 Å². The minimum Gasteiger partial charge on any atom is -0.466 e. The second-order valence-corrected chi connectivity index (χ2v) is 5.94. The fraction of sp³-hybridized carbons (Fsp3) is 0.176. The molecule has 0 saturated carbocycles. The van der Waals surface area contributed by atoms with Crippen molar-refractivity contribution >= 4 is 29.1 Å². The van der Waals surface area contributed by atoms with Gasteiger partial charge in [0.1, 0.15) is 11.6 Å². The van der Waals surface area contributed by atoms with Crippen LogP contribution in [-0.4, -0.2) is 17.4 Å². The first-order valence-corrected chi connectivity index (χ1v) is 7.59. The zero-order valence-electron chi connectivity index (χ0n) is 12.7. The first-order valence-electron chi connectivity index (χ1n) is 7.22. The number of carbonyl (C=O) groups excluding carboxylic acids is 2. The molecule has 7 heteroatoms. The average Bonchev–Trinajstić information content (AvgIpc) is 2.55. The van der Waals surface area contributed by atoms with Crippen LogP contribution in [-0.2, 0) is 16.1 Å². The van der Waals surface area contributed by atoms with Crippen LogP contribution >= 0.6 is 11.6 Å². The summed E-state index contributed by atoms with van der Waals surface area (Å²) in [6.07, 6.45) is 0. The van der Waals surface area contributed by atoms with Crippen molar-refractivity contribution in [2.24, 2.45) is 0 Å². The largest absolute Gasteiger partial charge is 0.466 e. The highest BCUT2D eigenvalue weighted by Gasteiger charge is 2.47. The normalized spacial score (nSPS) is 19.0. The van der Waals surface area contributed by atoms with Gasteiger partial charge >= 0.3 is 0 Å². The van der Waals surface area contributed by atoms with Gasteiger partial charge in [0.05, 0.1) is 5.69 Å². The highest BCUT2D eigenvalue weighted by atomic mass is 35.5. The molecule has 0 spiro atoms. The van der Waals surface area contributed by atoms with E-state index in [1.807, 2.05) is 0 Å². The first kappa shape index (κ1) is 16.3. The van der Waals surface area contributed by atoms with Gasteiger partial charge in [-0.3, -0.25) is 9.59 Å². The molecule has 2 aromatic carbocycles. The molecule has 0 aliphatic carbocycles. The number of fused-ring (bicyclic) bond motifs is 1. The lowest BCUT2D eigenvalue weighted by molar-refractivity contribution is -0.146. The maximum absolute atomic E-state index is 13.6. The zero-order valence-corrected chi connectivity index (χ0v) is 13.5. The third kappa shape index (κ3) is 2.92. The van der Waals surface area contributed by atoms with E-state index < -0.39 is 23.2 Å². The van der Waals surface area contributed by atoms with E-state index >= 15 is 0 Å². The molecule has 0 saturated heterocycles. The third-order valence-corrected chi connectivity index (χ3v) is 4.00. The molecule has 1 aliphatic rings. The number of hydrogen-bond acceptors (Lipinski definition) is 3. The summed E-state index contributed by atoms with van der Waals surface area (Å²) < 4.78 is 19.2. The van der Waals surface area contributed by atoms with Gasteiger partial charge in [-0.1, -0.05) is 29.8 Å². The number of halogens is 2. The predicted molar refractivity (Wildman–Crippen MR) is 87.4 cm³/mol. The molecule has 1 heterocycles. The number of amides is 2. The van der Waals surface area contributed by atoms with Gasteiger partial charge in [-0.25, -0.2) is 4.39 Å². The van der Waals surface area contributed by atoms with E-state index in [2.05, 4.69) is 10.6 Å². The summed E-state index contributed by atoms with van der Waals surface area (Å²) in [5, 5.41) is 5.57. The van der Waals surface area contributed by atoms with E-state index in [1.54, 1.807) is 30.3 Å². The van der Waals surface area contributed by atoms with E-state index in [0.717, 1.165) is 0 Å². The Morgan fingerprint density at radius 3 is 2.83 bits per heavy atom. The molecule has 124 valence electrons. The Hall–Kier alpha value is -2.60. The van der Waals surface area contributed by atoms with Crippen molar-refractivity contribution in [2.45, 2.75) is 19.1 Å². The van der Waals surface area contributed by atoms with Crippen molar-refractivity contribution < 1.29 is 18.7 Å². The zero-order chi connectivity index (χ0) is 17.3. The topological polar surface area (TPSA) is 67.4 Å². The van der Waals surface area contributed by atoms with Crippen LogP contribution in [0.25, 0.3) is 0 Å². The molecule has 2 aromatic rings. The Kier molecular flexibility index (Phi) is 4.15. The second-order valence-electron chi connectivity index (χ2n) is 5.50. The molecule has 0 unspecified atom stereocenters. The van der Waals surface area contributed by atoms with Gasteiger partial charge in [-0.05, 0) is 31.2 Å². The average molecular weight is 349 g/mol. The molecular weight excluding hydrogens is 335 g/mol. The molecular formula is C17H14ClFN2O3. The molecule has 0 bridgehead atoms. The van der Waals surface area contributed by atoms with Crippen LogP contribution in [0, 0.1) is 5.82 Å². The van der Waals surface area contributed by atoms with Crippen molar-refractivity contribution in [3.05, 3.63) is 58.9 Å². The lowest BCUT2D eigenvalue weighted by atomic mass is 10.0. The van der Waals surface area contributed by atoms with Crippen molar-refractivity contribution in [3.8, 4) is 5.75 Å². The highest BCUT2D eigenvalue weighted by molar-refractivity contribution is 6.31. The molecule has 0 fully saturated rings. The Morgan fingerprint density at radius 1 is 1.33 bits per heavy atom. The Bertz CT molecular complexity index is 827. The summed E-state index contributed by atoms with van der Waals surface area (Å²) in [4.78, 5) is 24.7. The first-order chi connectivity index (χ1) is 11.4. The van der Waals surface area contributed by atoms with Gasteiger partial charge in [0.2, 0.25) is 0 Å². The van der Waals surface area contributed by atoms with Gasteiger partial charge in [0, 0.05) is 17.1 Å². The van der Waals surface area contributed by atoms with Crippen LogP contribution in [0.5, 0.6) is 5.75 Å². The molecule has 24 heavy (non-hydrogen) atoms. The number of rotatable bonds is 3. The molecule has 2 N–H and O–H groups in total. The fourth-order valence-electron chi connectivity index (χ4n) is 2.33. The summed E-state index contributed by atoms with van der Waals surface area (Å²) in [7, 11) is 0. The van der Waals surface area contributed by atoms with Gasteiger partial charge in [0.15, 0.2) is 0 Å². The molecule has 2 amide bonds. The molecule has 0 radical (unpaired) electrons. The van der Waals surface area contributed by atoms with Crippen LogP contribution in [0.3, 0.4) is 0 Å². The Morgan fingerprint density at radius 2 is 2.08 bits per heavy atom. The van der Waals surface area contributed by atoms with E-state index in [-0.39, 0.29) is 6.54 Å². The summed E-state index contributed by atoms with van der Waals surface area (Å²) in [5.74, 6) is -1.38. The van der Waals surface area contributed by atoms with E-state index in [1.165, 1.54) is 19.1 Å². The van der Waals surface area contributed by atoms with Crippen LogP contribution < -0.4 is 15.4 Å². The second kappa shape index (κ2) is 6.13. The molecule has 0 aromatic heterocycles. The number of carbonyl (C=O) groups is 2. The highest BCUT2D eigenvalue weighted by Crippen LogP contribution is 2.35. The maximum atomic E-state index is 13.6. The number of nitrogens with one attached hydrogen (secondary N) is 2. The Balaban J connectivity index is 1.77. The number of ether oxygens (including phenoxy) is 1. The number of benzene rings is 2. The van der Waals surface area contributed by atoms with E-state index in [4.69, 9.17) is 16.3 Å². The van der Waals surface area contributed by atoms with Gasteiger partial charge < -0.3 is 15.4 Å². The smallest absolute Gasteiger partial charge is 0.278 e. The molecule has 3 rings (SSSR count). The van der Waals surface area contributed by atoms with Crippen LogP contribution in [0.4, 0.5) is 10.1 Å². The van der Waals surface area contributed by atoms with E-state index in [0.29, 0.717) is 22.0 Å². The molecule has 5 nitrogen and oxygen atoms in total. The standard InChI is InChI=1S/C17H14ClFN2O3/c1-17(15(22)20-9-10-4-2-3-5-12(10)19)16(23)21-13-8-11(18)6-7-14(13)24-17/h2-8H,9H2,1H3,(H,20,22)(H,21,23)/t17-/m0/s1. The van der Waals surface area contributed by atoms with Crippen molar-refractivity contribution in [1.29, 1.82) is 0 Å². The Labute approximate surface area is 142 Å². The SMILES string of the molecule is C[C@@]1(C(=O)NCc2ccccc2F)Oc2ccc(Cl)cc2NC1=O. The summed E-state index contributed by atoms with van der Waals surface area (Å²) in [5.41, 5.74) is -1.05. The fourth-order valence-corrected chi connectivity index (χ4v) is 2.50.